The number of thiophene rings is 1. The third-order valence-electron chi connectivity index (χ3n) is 3.75. The average molecular weight is 290 g/mol. The van der Waals surface area contributed by atoms with Gasteiger partial charge >= 0.3 is 0 Å². The molecule has 2 nitrogen and oxygen atoms in total. The minimum absolute atomic E-state index is 1.04. The minimum Gasteiger partial charge on any atom is -0.323 e. The van der Waals surface area contributed by atoms with Gasteiger partial charge in [0.1, 0.15) is 0 Å². The molecule has 21 heavy (non-hydrogen) atoms. The predicted octanol–water partition coefficient (Wildman–Crippen LogP) is 5.06. The molecule has 0 fully saturated rings. The lowest BCUT2D eigenvalue weighted by molar-refractivity contribution is 1.07. The summed E-state index contributed by atoms with van der Waals surface area (Å²) in [6.07, 6.45) is 6.13. The molecule has 0 atom stereocenters. The first kappa shape index (κ1) is 12.4. The largest absolute Gasteiger partial charge is 0.323 e. The van der Waals surface area contributed by atoms with Crippen LogP contribution in [0.5, 0.6) is 0 Å². The zero-order valence-corrected chi connectivity index (χ0v) is 12.5. The fraction of sp³-hybridized carbons (Fsp3) is 0.0556. The molecule has 102 valence electrons. The van der Waals surface area contributed by atoms with Crippen molar-refractivity contribution in [3.63, 3.8) is 0 Å². The highest BCUT2D eigenvalue weighted by molar-refractivity contribution is 7.14. The summed E-state index contributed by atoms with van der Waals surface area (Å²) in [5, 5.41) is 3.39. The number of fused-ring (bicyclic) bond motifs is 1. The van der Waals surface area contributed by atoms with Gasteiger partial charge in [-0.15, -0.1) is 11.3 Å². The number of hydrogen-bond donors (Lipinski definition) is 0. The zero-order chi connectivity index (χ0) is 14.2. The second kappa shape index (κ2) is 4.86. The molecular formula is C18H14N2S. The van der Waals surface area contributed by atoms with Crippen LogP contribution in [0, 0.1) is 6.92 Å². The van der Waals surface area contributed by atoms with E-state index in [9.17, 15) is 0 Å². The number of hydrogen-bond acceptors (Lipinski definition) is 2. The quantitative estimate of drug-likeness (QED) is 0.504. The van der Waals surface area contributed by atoms with Crippen LogP contribution in [0.15, 0.2) is 66.4 Å². The molecule has 0 spiro atoms. The summed E-state index contributed by atoms with van der Waals surface area (Å²) in [4.78, 5) is 5.86. The maximum Gasteiger partial charge on any atom is 0.0702 e. The molecule has 0 saturated carbocycles. The molecule has 0 radical (unpaired) electrons. The van der Waals surface area contributed by atoms with Gasteiger partial charge in [-0.1, -0.05) is 18.2 Å². The number of nitrogens with zero attached hydrogens (tertiary/aromatic N) is 2. The van der Waals surface area contributed by atoms with Gasteiger partial charge in [-0.2, -0.15) is 0 Å². The fourth-order valence-corrected chi connectivity index (χ4v) is 3.69. The van der Waals surface area contributed by atoms with Crippen LogP contribution in [0.1, 0.15) is 5.56 Å². The van der Waals surface area contributed by atoms with Crippen molar-refractivity contribution in [2.75, 3.05) is 0 Å². The highest BCUT2D eigenvalue weighted by Gasteiger charge is 2.11. The Bertz CT molecular complexity index is 904. The number of rotatable bonds is 2. The molecule has 0 aliphatic rings. The number of benzene rings is 1. The molecule has 0 N–H and O–H groups in total. The molecule has 1 aromatic carbocycles. The van der Waals surface area contributed by atoms with Crippen LogP contribution in [0.2, 0.25) is 0 Å². The number of pyridine rings is 1. The fourth-order valence-electron chi connectivity index (χ4n) is 2.64. The molecule has 4 aromatic rings. The van der Waals surface area contributed by atoms with Gasteiger partial charge in [0.05, 0.1) is 11.2 Å². The molecule has 0 aliphatic carbocycles. The van der Waals surface area contributed by atoms with Crippen molar-refractivity contribution < 1.29 is 0 Å². The monoisotopic (exact) mass is 290 g/mol. The van der Waals surface area contributed by atoms with E-state index in [1.807, 2.05) is 30.5 Å². The van der Waals surface area contributed by atoms with Crippen molar-refractivity contribution in [2.24, 2.45) is 0 Å². The standard InChI is InChI=1S/C18H14N2S/c1-13-17(20-8-4-5-9-20)12-21-18(13)15-10-14-6-2-3-7-16(14)19-11-15/h2-12H,1H3. The maximum absolute atomic E-state index is 4.57. The van der Waals surface area contributed by atoms with Crippen molar-refractivity contribution in [3.05, 3.63) is 72.0 Å². The van der Waals surface area contributed by atoms with Crippen LogP contribution in [0.3, 0.4) is 0 Å². The SMILES string of the molecule is Cc1c(-n2cccc2)csc1-c1cnc2ccccc2c1. The van der Waals surface area contributed by atoms with Crippen molar-refractivity contribution in [1.29, 1.82) is 0 Å². The summed E-state index contributed by atoms with van der Waals surface area (Å²) in [6, 6.07) is 14.6. The van der Waals surface area contributed by atoms with Crippen molar-refractivity contribution in [1.82, 2.24) is 9.55 Å². The molecule has 0 saturated heterocycles. The second-order valence-corrected chi connectivity index (χ2v) is 5.96. The summed E-state index contributed by atoms with van der Waals surface area (Å²) in [5.74, 6) is 0. The van der Waals surface area contributed by atoms with Crippen molar-refractivity contribution >= 4 is 22.2 Å². The third kappa shape index (κ3) is 2.06. The lowest BCUT2D eigenvalue weighted by atomic mass is 10.1. The molecule has 3 heteroatoms. The lowest BCUT2D eigenvalue weighted by Gasteiger charge is -2.05. The van der Waals surface area contributed by atoms with E-state index in [1.165, 1.54) is 27.1 Å². The maximum atomic E-state index is 4.57. The van der Waals surface area contributed by atoms with Crippen molar-refractivity contribution in [3.8, 4) is 16.1 Å². The van der Waals surface area contributed by atoms with Gasteiger partial charge in [-0.05, 0) is 36.8 Å². The van der Waals surface area contributed by atoms with E-state index in [0.29, 0.717) is 0 Å². The topological polar surface area (TPSA) is 17.8 Å². The average Bonchev–Trinajstić information content (AvgIpc) is 3.16. The Labute approximate surface area is 127 Å². The summed E-state index contributed by atoms with van der Waals surface area (Å²) in [5.41, 5.74) is 4.78. The third-order valence-corrected chi connectivity index (χ3v) is 4.87. The van der Waals surface area contributed by atoms with E-state index in [-0.39, 0.29) is 0 Å². The van der Waals surface area contributed by atoms with Gasteiger partial charge in [0.15, 0.2) is 0 Å². The zero-order valence-electron chi connectivity index (χ0n) is 11.7. The predicted molar refractivity (Wildman–Crippen MR) is 89.1 cm³/mol. The second-order valence-electron chi connectivity index (χ2n) is 5.08. The lowest BCUT2D eigenvalue weighted by Crippen LogP contribution is -1.90. The van der Waals surface area contributed by atoms with Gasteiger partial charge in [-0.25, -0.2) is 0 Å². The molecule has 0 bridgehead atoms. The first-order valence-corrected chi connectivity index (χ1v) is 7.77. The summed E-state index contributed by atoms with van der Waals surface area (Å²) in [7, 11) is 0. The van der Waals surface area contributed by atoms with Crippen LogP contribution in [-0.4, -0.2) is 9.55 Å². The normalized spacial score (nSPS) is 11.1. The van der Waals surface area contributed by atoms with Gasteiger partial charge in [0.25, 0.3) is 0 Å². The Morgan fingerprint density at radius 1 is 1.05 bits per heavy atom. The highest BCUT2D eigenvalue weighted by atomic mass is 32.1. The van der Waals surface area contributed by atoms with Crippen LogP contribution >= 0.6 is 11.3 Å². The van der Waals surface area contributed by atoms with E-state index in [1.54, 1.807) is 11.3 Å². The molecule has 0 aliphatic heterocycles. The highest BCUT2D eigenvalue weighted by Crippen LogP contribution is 2.35. The molecule has 4 rings (SSSR count). The minimum atomic E-state index is 1.04. The smallest absolute Gasteiger partial charge is 0.0702 e. The summed E-state index contributed by atoms with van der Waals surface area (Å²) in [6.45, 7) is 2.18. The van der Waals surface area contributed by atoms with E-state index in [0.717, 1.165) is 5.52 Å². The summed E-state index contributed by atoms with van der Waals surface area (Å²) >= 11 is 1.78. The number of para-hydroxylation sites is 1. The molecule has 0 unspecified atom stereocenters. The first-order valence-electron chi connectivity index (χ1n) is 6.89. The van der Waals surface area contributed by atoms with Crippen molar-refractivity contribution in [2.45, 2.75) is 6.92 Å². The first-order chi connectivity index (χ1) is 10.3. The van der Waals surface area contributed by atoms with Gasteiger partial charge in [-0.3, -0.25) is 4.98 Å². The number of aromatic nitrogens is 2. The van der Waals surface area contributed by atoms with Crippen LogP contribution in [0.25, 0.3) is 27.0 Å². The summed E-state index contributed by atoms with van der Waals surface area (Å²) < 4.78 is 2.16. The van der Waals surface area contributed by atoms with E-state index in [4.69, 9.17) is 0 Å². The van der Waals surface area contributed by atoms with E-state index < -0.39 is 0 Å². The molecular weight excluding hydrogens is 276 g/mol. The Hall–Kier alpha value is -2.39. The molecule has 3 heterocycles. The van der Waals surface area contributed by atoms with E-state index >= 15 is 0 Å². The Morgan fingerprint density at radius 2 is 1.86 bits per heavy atom. The van der Waals surface area contributed by atoms with Crippen LogP contribution < -0.4 is 0 Å². The molecule has 0 amide bonds. The van der Waals surface area contributed by atoms with Gasteiger partial charge in [0.2, 0.25) is 0 Å². The van der Waals surface area contributed by atoms with Gasteiger partial charge < -0.3 is 4.57 Å². The van der Waals surface area contributed by atoms with Crippen LogP contribution in [0.4, 0.5) is 0 Å². The van der Waals surface area contributed by atoms with Gasteiger partial charge in [0, 0.05) is 39.8 Å². The van der Waals surface area contributed by atoms with E-state index in [2.05, 4.69) is 52.4 Å². The van der Waals surface area contributed by atoms with Crippen LogP contribution in [-0.2, 0) is 0 Å². The molecule has 3 aromatic heterocycles. The Morgan fingerprint density at radius 3 is 2.71 bits per heavy atom. The Kier molecular flexibility index (Phi) is 2.86. The Balaban J connectivity index is 1.85.